The van der Waals surface area contributed by atoms with Gasteiger partial charge in [-0.3, -0.25) is 9.59 Å². The van der Waals surface area contributed by atoms with Gasteiger partial charge in [-0.25, -0.2) is 0 Å². The summed E-state index contributed by atoms with van der Waals surface area (Å²) in [5.74, 6) is -1.83. The Labute approximate surface area is 157 Å². The average molecular weight is 410 g/mol. The summed E-state index contributed by atoms with van der Waals surface area (Å²) in [7, 11) is 0. The van der Waals surface area contributed by atoms with Gasteiger partial charge < -0.3 is 11.1 Å². The molecule has 2 amide bonds. The Morgan fingerprint density at radius 2 is 1.46 bits per heavy atom. The topological polar surface area (TPSA) is 72.2 Å². The van der Waals surface area contributed by atoms with E-state index >= 15 is 0 Å². The molecule has 0 saturated heterocycles. The average Bonchev–Trinajstić information content (AvgIpc) is 2.58. The Balaban J connectivity index is 2.20. The lowest BCUT2D eigenvalue weighted by Crippen LogP contribution is -2.50. The first-order chi connectivity index (χ1) is 12.9. The molecule has 156 valence electrons. The molecule has 1 aromatic rings. The second kappa shape index (κ2) is 8.40. The number of benzene rings is 1. The third-order valence-electron chi connectivity index (χ3n) is 4.76. The van der Waals surface area contributed by atoms with Crippen LogP contribution in [0.3, 0.4) is 0 Å². The van der Waals surface area contributed by atoms with Gasteiger partial charge in [0.25, 0.3) is 0 Å². The first kappa shape index (κ1) is 22.0. The molecule has 1 fully saturated rings. The molecular weight excluding hydrogens is 390 g/mol. The lowest BCUT2D eigenvalue weighted by atomic mass is 9.83. The Bertz CT molecular complexity index is 692. The smallest absolute Gasteiger partial charge is 0.368 e. The van der Waals surface area contributed by atoms with Crippen molar-refractivity contribution in [2.24, 2.45) is 11.7 Å². The van der Waals surface area contributed by atoms with Crippen molar-refractivity contribution in [1.82, 2.24) is 5.32 Å². The van der Waals surface area contributed by atoms with Crippen molar-refractivity contribution >= 4 is 11.8 Å². The van der Waals surface area contributed by atoms with Gasteiger partial charge in [0.15, 0.2) is 0 Å². The van der Waals surface area contributed by atoms with Crippen molar-refractivity contribution in [2.75, 3.05) is 0 Å². The second-order valence-corrected chi connectivity index (χ2v) is 6.94. The number of hydrogen-bond donors (Lipinski definition) is 2. The van der Waals surface area contributed by atoms with Crippen LogP contribution in [-0.4, -0.2) is 17.9 Å². The highest BCUT2D eigenvalue weighted by Crippen LogP contribution is 2.36. The molecule has 4 nitrogen and oxygen atoms in total. The predicted octanol–water partition coefficient (Wildman–Crippen LogP) is 3.82. The van der Waals surface area contributed by atoms with Gasteiger partial charge in [-0.2, -0.15) is 26.3 Å². The number of nitrogens with two attached hydrogens (primary N) is 1. The Kier molecular flexibility index (Phi) is 6.61. The van der Waals surface area contributed by atoms with Crippen molar-refractivity contribution in [3.05, 3.63) is 34.9 Å². The maximum Gasteiger partial charge on any atom is 0.416 e. The molecular formula is C18H20F6N2O2. The molecule has 2 rings (SSSR count). The minimum atomic E-state index is -5.00. The largest absolute Gasteiger partial charge is 0.416 e. The highest BCUT2D eigenvalue weighted by atomic mass is 19.4. The van der Waals surface area contributed by atoms with Crippen LogP contribution in [-0.2, 0) is 28.4 Å². The van der Waals surface area contributed by atoms with E-state index in [2.05, 4.69) is 5.32 Å². The number of carbonyl (C=O) groups is 2. The Morgan fingerprint density at radius 3 is 1.89 bits per heavy atom. The predicted molar refractivity (Wildman–Crippen MR) is 87.9 cm³/mol. The van der Waals surface area contributed by atoms with Crippen LogP contribution in [0.25, 0.3) is 0 Å². The molecule has 1 aromatic carbocycles. The van der Waals surface area contributed by atoms with E-state index in [1.165, 1.54) is 0 Å². The van der Waals surface area contributed by atoms with E-state index in [9.17, 15) is 35.9 Å². The molecule has 3 N–H and O–H groups in total. The quantitative estimate of drug-likeness (QED) is 0.725. The molecule has 1 saturated carbocycles. The highest BCUT2D eigenvalue weighted by Gasteiger charge is 2.37. The third-order valence-corrected chi connectivity index (χ3v) is 4.76. The molecule has 0 radical (unpaired) electrons. The third kappa shape index (κ3) is 5.87. The number of alkyl halides is 6. The van der Waals surface area contributed by atoms with Gasteiger partial charge >= 0.3 is 12.4 Å². The van der Waals surface area contributed by atoms with Crippen LogP contribution in [0, 0.1) is 5.92 Å². The van der Waals surface area contributed by atoms with E-state index in [0.717, 1.165) is 19.3 Å². The van der Waals surface area contributed by atoms with Crippen molar-refractivity contribution in [3.63, 3.8) is 0 Å². The summed E-state index contributed by atoms with van der Waals surface area (Å²) in [4.78, 5) is 23.9. The zero-order chi connectivity index (χ0) is 21.1. The van der Waals surface area contributed by atoms with Gasteiger partial charge in [0.2, 0.25) is 11.8 Å². The van der Waals surface area contributed by atoms with Gasteiger partial charge in [-0.05, 0) is 42.5 Å². The maximum absolute atomic E-state index is 12.9. The van der Waals surface area contributed by atoms with E-state index in [1.807, 2.05) is 0 Å². The monoisotopic (exact) mass is 410 g/mol. The fourth-order valence-electron chi connectivity index (χ4n) is 3.42. The minimum absolute atomic E-state index is 0.00432. The molecule has 0 unspecified atom stereocenters. The first-order valence-electron chi connectivity index (χ1n) is 8.75. The molecule has 1 aliphatic rings. The molecule has 0 spiro atoms. The van der Waals surface area contributed by atoms with Crippen LogP contribution in [0.2, 0.25) is 0 Å². The minimum Gasteiger partial charge on any atom is -0.368 e. The van der Waals surface area contributed by atoms with E-state index in [4.69, 9.17) is 5.73 Å². The Morgan fingerprint density at radius 1 is 0.964 bits per heavy atom. The van der Waals surface area contributed by atoms with E-state index < -0.39 is 53.3 Å². The molecule has 0 aliphatic heterocycles. The van der Waals surface area contributed by atoms with Gasteiger partial charge in [-0.1, -0.05) is 19.3 Å². The maximum atomic E-state index is 12.9. The van der Waals surface area contributed by atoms with E-state index in [1.54, 1.807) is 0 Å². The number of halogens is 6. The fourth-order valence-corrected chi connectivity index (χ4v) is 3.42. The summed E-state index contributed by atoms with van der Waals surface area (Å²) in [6.45, 7) is 0. The molecule has 28 heavy (non-hydrogen) atoms. The standard InChI is InChI=1S/C18H20F6N2O2/c19-17(20,21)12-6-10(7-13(9-12)18(22,23)24)8-14(27)26-15(16(25)28)11-4-2-1-3-5-11/h6-7,9,11,15H,1-5,8H2,(H2,25,28)(H,26,27)/t15-/m0/s1. The number of rotatable bonds is 5. The van der Waals surface area contributed by atoms with Crippen LogP contribution >= 0.6 is 0 Å². The number of hydrogen-bond acceptors (Lipinski definition) is 2. The highest BCUT2D eigenvalue weighted by molar-refractivity contribution is 5.87. The van der Waals surface area contributed by atoms with Gasteiger partial charge in [0, 0.05) is 0 Å². The summed E-state index contributed by atoms with van der Waals surface area (Å²) < 4.78 is 77.4. The van der Waals surface area contributed by atoms with Gasteiger partial charge in [-0.15, -0.1) is 0 Å². The van der Waals surface area contributed by atoms with Crippen molar-refractivity contribution < 1.29 is 35.9 Å². The molecule has 1 atom stereocenters. The van der Waals surface area contributed by atoms with Gasteiger partial charge in [0.05, 0.1) is 17.5 Å². The van der Waals surface area contributed by atoms with Crippen LogP contribution in [0.4, 0.5) is 26.3 Å². The lowest BCUT2D eigenvalue weighted by Gasteiger charge is -2.28. The van der Waals surface area contributed by atoms with Crippen LogP contribution in [0.15, 0.2) is 18.2 Å². The fraction of sp³-hybridized carbons (Fsp3) is 0.556. The van der Waals surface area contributed by atoms with Crippen molar-refractivity contribution in [3.8, 4) is 0 Å². The zero-order valence-electron chi connectivity index (χ0n) is 14.8. The summed E-state index contributed by atoms with van der Waals surface area (Å²) in [5, 5.41) is 2.38. The second-order valence-electron chi connectivity index (χ2n) is 6.94. The molecule has 0 aromatic heterocycles. The normalized spacial score (nSPS) is 17.2. The molecule has 1 aliphatic carbocycles. The number of carbonyl (C=O) groups excluding carboxylic acids is 2. The number of nitrogens with one attached hydrogen (secondary N) is 1. The number of primary amides is 1. The zero-order valence-corrected chi connectivity index (χ0v) is 14.8. The van der Waals surface area contributed by atoms with Crippen LogP contribution < -0.4 is 11.1 Å². The van der Waals surface area contributed by atoms with E-state index in [-0.39, 0.29) is 12.0 Å². The lowest BCUT2D eigenvalue weighted by molar-refractivity contribution is -0.143. The van der Waals surface area contributed by atoms with E-state index in [0.29, 0.717) is 25.0 Å². The van der Waals surface area contributed by atoms with Crippen molar-refractivity contribution in [1.29, 1.82) is 0 Å². The van der Waals surface area contributed by atoms with Gasteiger partial charge in [0.1, 0.15) is 6.04 Å². The van der Waals surface area contributed by atoms with Crippen LogP contribution in [0.5, 0.6) is 0 Å². The molecule has 10 heteroatoms. The van der Waals surface area contributed by atoms with Crippen LogP contribution in [0.1, 0.15) is 48.8 Å². The number of amides is 2. The summed E-state index contributed by atoms with van der Waals surface area (Å²) in [5.41, 5.74) is 1.88. The molecule has 0 heterocycles. The Hall–Kier alpha value is -2.26. The summed E-state index contributed by atoms with van der Waals surface area (Å²) >= 11 is 0. The first-order valence-corrected chi connectivity index (χ1v) is 8.75. The van der Waals surface area contributed by atoms with Crippen molar-refractivity contribution in [2.45, 2.75) is 56.9 Å². The summed E-state index contributed by atoms with van der Waals surface area (Å²) in [6.07, 6.45) is -6.70. The molecule has 0 bridgehead atoms. The SMILES string of the molecule is NC(=O)[C@@H](NC(=O)Cc1cc(C(F)(F)F)cc(C(F)(F)F)c1)C1CCCCC1. The summed E-state index contributed by atoms with van der Waals surface area (Å²) in [6, 6.07) is -0.0142.